The van der Waals surface area contributed by atoms with Crippen molar-refractivity contribution in [2.24, 2.45) is 0 Å². The zero-order chi connectivity index (χ0) is 20.8. The molecule has 7 heteroatoms. The number of nitrogens with one attached hydrogen (secondary N) is 1. The SMILES string of the molecule is Cc1ccc(OCc2nc(C(=O)NCc3ccccc3Cn3cccn3)cs2)cc1. The van der Waals surface area contributed by atoms with Crippen LogP contribution in [0.4, 0.5) is 0 Å². The fourth-order valence-electron chi connectivity index (χ4n) is 2.98. The molecule has 6 nitrogen and oxygen atoms in total. The van der Waals surface area contributed by atoms with Crippen LogP contribution in [0.3, 0.4) is 0 Å². The van der Waals surface area contributed by atoms with Gasteiger partial charge in [0.1, 0.15) is 23.1 Å². The highest BCUT2D eigenvalue weighted by Crippen LogP contribution is 2.16. The number of nitrogens with zero attached hydrogens (tertiary/aromatic N) is 3. The lowest BCUT2D eigenvalue weighted by Crippen LogP contribution is -2.24. The zero-order valence-electron chi connectivity index (χ0n) is 16.6. The van der Waals surface area contributed by atoms with Crippen LogP contribution in [0.1, 0.15) is 32.2 Å². The maximum atomic E-state index is 12.5. The standard InChI is InChI=1S/C23H22N4O2S/c1-17-7-9-20(10-8-17)29-15-22-26-21(16-30-22)23(28)24-13-18-5-2-3-6-19(18)14-27-12-4-11-25-27/h2-12,16H,13-15H2,1H3,(H,24,28). The molecule has 30 heavy (non-hydrogen) atoms. The van der Waals surface area contributed by atoms with E-state index in [0.29, 0.717) is 25.4 Å². The summed E-state index contributed by atoms with van der Waals surface area (Å²) in [5, 5.41) is 9.74. The number of carbonyl (C=O) groups is 1. The summed E-state index contributed by atoms with van der Waals surface area (Å²) >= 11 is 1.42. The fraction of sp³-hybridized carbons (Fsp3) is 0.174. The van der Waals surface area contributed by atoms with Gasteiger partial charge in [-0.25, -0.2) is 4.98 Å². The number of hydrogen-bond donors (Lipinski definition) is 1. The van der Waals surface area contributed by atoms with E-state index in [1.54, 1.807) is 11.6 Å². The van der Waals surface area contributed by atoms with Crippen molar-refractivity contribution in [3.8, 4) is 5.75 Å². The van der Waals surface area contributed by atoms with Crippen molar-refractivity contribution in [1.29, 1.82) is 0 Å². The molecule has 0 aliphatic heterocycles. The first kappa shape index (κ1) is 19.8. The molecule has 152 valence electrons. The molecule has 0 unspecified atom stereocenters. The van der Waals surface area contributed by atoms with E-state index < -0.39 is 0 Å². The van der Waals surface area contributed by atoms with E-state index in [1.165, 1.54) is 16.9 Å². The van der Waals surface area contributed by atoms with Crippen LogP contribution in [0.15, 0.2) is 72.4 Å². The van der Waals surface area contributed by atoms with Gasteiger partial charge in [0.05, 0.1) is 6.54 Å². The van der Waals surface area contributed by atoms with Crippen molar-refractivity contribution in [1.82, 2.24) is 20.1 Å². The number of carbonyl (C=O) groups excluding carboxylic acids is 1. The molecule has 4 aromatic rings. The molecular weight excluding hydrogens is 396 g/mol. The minimum Gasteiger partial charge on any atom is -0.486 e. The lowest BCUT2D eigenvalue weighted by atomic mass is 10.1. The topological polar surface area (TPSA) is 69.0 Å². The highest BCUT2D eigenvalue weighted by molar-refractivity contribution is 7.09. The van der Waals surface area contributed by atoms with E-state index in [1.807, 2.05) is 72.4 Å². The summed E-state index contributed by atoms with van der Waals surface area (Å²) in [6.07, 6.45) is 3.68. The normalized spacial score (nSPS) is 10.7. The Morgan fingerprint density at radius 1 is 1.10 bits per heavy atom. The third-order valence-electron chi connectivity index (χ3n) is 4.62. The highest BCUT2D eigenvalue weighted by atomic mass is 32.1. The fourth-order valence-corrected chi connectivity index (χ4v) is 3.67. The highest BCUT2D eigenvalue weighted by Gasteiger charge is 2.12. The molecule has 0 aliphatic carbocycles. The number of hydrogen-bond acceptors (Lipinski definition) is 5. The zero-order valence-corrected chi connectivity index (χ0v) is 17.4. The van der Waals surface area contributed by atoms with Gasteiger partial charge in [-0.3, -0.25) is 9.48 Å². The Morgan fingerprint density at radius 2 is 1.90 bits per heavy atom. The number of rotatable bonds is 8. The minimum absolute atomic E-state index is 0.193. The largest absolute Gasteiger partial charge is 0.486 e. The Bertz CT molecular complexity index is 1100. The van der Waals surface area contributed by atoms with Crippen LogP contribution >= 0.6 is 11.3 Å². The van der Waals surface area contributed by atoms with Gasteiger partial charge in [-0.1, -0.05) is 42.0 Å². The second-order valence-electron chi connectivity index (χ2n) is 6.88. The van der Waals surface area contributed by atoms with Crippen LogP contribution in [0.5, 0.6) is 5.75 Å². The summed E-state index contributed by atoms with van der Waals surface area (Å²) < 4.78 is 7.61. The van der Waals surface area contributed by atoms with Crippen molar-refractivity contribution < 1.29 is 9.53 Å². The average Bonchev–Trinajstić information content (AvgIpc) is 3.45. The molecule has 2 aromatic heterocycles. The first-order valence-electron chi connectivity index (χ1n) is 9.63. The first-order chi connectivity index (χ1) is 14.7. The quantitative estimate of drug-likeness (QED) is 0.466. The Morgan fingerprint density at radius 3 is 2.67 bits per heavy atom. The van der Waals surface area contributed by atoms with E-state index >= 15 is 0 Å². The summed E-state index contributed by atoms with van der Waals surface area (Å²) in [4.78, 5) is 17.0. The van der Waals surface area contributed by atoms with E-state index in [9.17, 15) is 4.79 Å². The maximum absolute atomic E-state index is 12.5. The molecule has 0 saturated carbocycles. The minimum atomic E-state index is -0.193. The maximum Gasteiger partial charge on any atom is 0.271 e. The molecule has 0 aliphatic rings. The van der Waals surface area contributed by atoms with Crippen LogP contribution < -0.4 is 10.1 Å². The molecule has 2 aromatic carbocycles. The van der Waals surface area contributed by atoms with Crippen LogP contribution in [-0.2, 0) is 19.7 Å². The second kappa shape index (κ2) is 9.37. The van der Waals surface area contributed by atoms with Gasteiger partial charge in [-0.05, 0) is 36.2 Å². The van der Waals surface area contributed by atoms with Gasteiger partial charge in [-0.15, -0.1) is 11.3 Å². The number of amides is 1. The van der Waals surface area contributed by atoms with Gasteiger partial charge in [0.15, 0.2) is 0 Å². The number of aromatic nitrogens is 3. The monoisotopic (exact) mass is 418 g/mol. The molecule has 0 bridgehead atoms. The summed E-state index contributed by atoms with van der Waals surface area (Å²) in [6.45, 7) is 3.47. The van der Waals surface area contributed by atoms with Gasteiger partial charge in [0, 0.05) is 24.3 Å². The van der Waals surface area contributed by atoms with Crippen LogP contribution in [0.25, 0.3) is 0 Å². The van der Waals surface area contributed by atoms with Gasteiger partial charge >= 0.3 is 0 Å². The third-order valence-corrected chi connectivity index (χ3v) is 5.44. The predicted molar refractivity (Wildman–Crippen MR) is 117 cm³/mol. The van der Waals surface area contributed by atoms with Gasteiger partial charge in [0.25, 0.3) is 5.91 Å². The van der Waals surface area contributed by atoms with E-state index in [0.717, 1.165) is 21.9 Å². The molecule has 0 spiro atoms. The molecule has 0 fully saturated rings. The molecule has 1 N–H and O–H groups in total. The van der Waals surface area contributed by atoms with Crippen molar-refractivity contribution in [3.05, 3.63) is 99.8 Å². The van der Waals surface area contributed by atoms with Crippen LogP contribution in [-0.4, -0.2) is 20.7 Å². The summed E-state index contributed by atoms with van der Waals surface area (Å²) in [5.41, 5.74) is 3.76. The molecular formula is C23H22N4O2S. The molecule has 1 amide bonds. The lowest BCUT2D eigenvalue weighted by Gasteiger charge is -2.10. The number of ether oxygens (including phenoxy) is 1. The van der Waals surface area contributed by atoms with Gasteiger partial charge < -0.3 is 10.1 Å². The second-order valence-corrected chi connectivity index (χ2v) is 7.83. The number of thiazole rings is 1. The molecule has 0 radical (unpaired) electrons. The lowest BCUT2D eigenvalue weighted by molar-refractivity contribution is 0.0946. The molecule has 0 atom stereocenters. The molecule has 4 rings (SSSR count). The Labute approximate surface area is 179 Å². The van der Waals surface area contributed by atoms with Crippen LogP contribution in [0.2, 0.25) is 0 Å². The molecule has 0 saturated heterocycles. The summed E-state index contributed by atoms with van der Waals surface area (Å²) in [6, 6.07) is 17.8. The van der Waals surface area contributed by atoms with Gasteiger partial charge in [0.2, 0.25) is 0 Å². The van der Waals surface area contributed by atoms with Crippen molar-refractivity contribution in [2.75, 3.05) is 0 Å². The van der Waals surface area contributed by atoms with E-state index in [2.05, 4.69) is 15.4 Å². The Kier molecular flexibility index (Phi) is 6.20. The molecule has 2 heterocycles. The van der Waals surface area contributed by atoms with E-state index in [-0.39, 0.29) is 5.91 Å². The van der Waals surface area contributed by atoms with Crippen molar-refractivity contribution in [3.63, 3.8) is 0 Å². The average molecular weight is 419 g/mol. The third kappa shape index (κ3) is 5.12. The summed E-state index contributed by atoms with van der Waals surface area (Å²) in [5.74, 6) is 0.595. The van der Waals surface area contributed by atoms with Crippen LogP contribution in [0, 0.1) is 6.92 Å². The Hall–Kier alpha value is -3.45. The van der Waals surface area contributed by atoms with E-state index in [4.69, 9.17) is 4.74 Å². The van der Waals surface area contributed by atoms with Gasteiger partial charge in [-0.2, -0.15) is 5.10 Å². The summed E-state index contributed by atoms with van der Waals surface area (Å²) in [7, 11) is 0. The van der Waals surface area contributed by atoms with Crippen molar-refractivity contribution >= 4 is 17.2 Å². The first-order valence-corrected chi connectivity index (χ1v) is 10.5. The Balaban J connectivity index is 1.33. The number of benzene rings is 2. The smallest absolute Gasteiger partial charge is 0.271 e. The van der Waals surface area contributed by atoms with Crippen molar-refractivity contribution in [2.45, 2.75) is 26.6 Å². The predicted octanol–water partition coefficient (Wildman–Crippen LogP) is 4.21. The number of aryl methyl sites for hydroxylation is 1.